The number of nitrogens with two attached hydrogens (primary N) is 1. The van der Waals surface area contributed by atoms with E-state index in [1.807, 2.05) is 67.6 Å². The van der Waals surface area contributed by atoms with Gasteiger partial charge in [0.2, 0.25) is 0 Å². The number of benzene rings is 3. The number of carboxylic acid groups (broad SMARTS) is 1. The number of nitrogens with zero attached hydrogens (tertiary/aromatic N) is 3. The standard InChI is InChI=1S/C25H24N4O3/c1-2-22(18-11-7-4-8-12-18)29(26)24-20-13-19(32-15-17-9-5-3-6-10-17)14-21(25(30)31)23(20)27-16-28-24/h3-14,16,22H,2,15,26H2,1H3,(H,30,31). The first-order valence-electron chi connectivity index (χ1n) is 10.4. The number of anilines is 1. The normalized spacial score (nSPS) is 11.8. The van der Waals surface area contributed by atoms with Gasteiger partial charge in [-0.15, -0.1) is 0 Å². The van der Waals surface area contributed by atoms with Crippen molar-refractivity contribution in [1.82, 2.24) is 9.97 Å². The second-order valence-electron chi connectivity index (χ2n) is 7.39. The number of aromatic carboxylic acids is 1. The Morgan fingerprint density at radius 2 is 1.75 bits per heavy atom. The number of rotatable bonds is 8. The molecule has 7 nitrogen and oxygen atoms in total. The van der Waals surface area contributed by atoms with Gasteiger partial charge in [0.05, 0.1) is 17.1 Å². The second-order valence-corrected chi connectivity index (χ2v) is 7.39. The molecule has 32 heavy (non-hydrogen) atoms. The van der Waals surface area contributed by atoms with Crippen molar-refractivity contribution in [3.05, 3.63) is 95.8 Å². The minimum absolute atomic E-state index is 0.0374. The molecule has 162 valence electrons. The summed E-state index contributed by atoms with van der Waals surface area (Å²) in [5, 5.41) is 11.9. The summed E-state index contributed by atoms with van der Waals surface area (Å²) in [5.74, 6) is 6.31. The van der Waals surface area contributed by atoms with Gasteiger partial charge in [-0.1, -0.05) is 67.6 Å². The monoisotopic (exact) mass is 428 g/mol. The summed E-state index contributed by atoms with van der Waals surface area (Å²) < 4.78 is 5.92. The smallest absolute Gasteiger partial charge is 0.338 e. The Hall–Kier alpha value is -3.97. The van der Waals surface area contributed by atoms with Crippen LogP contribution >= 0.6 is 0 Å². The van der Waals surface area contributed by atoms with Crippen molar-refractivity contribution >= 4 is 22.7 Å². The lowest BCUT2D eigenvalue weighted by atomic mass is 10.0. The number of hydrazine groups is 1. The lowest BCUT2D eigenvalue weighted by Crippen LogP contribution is -2.36. The zero-order valence-corrected chi connectivity index (χ0v) is 17.7. The molecule has 0 saturated carbocycles. The van der Waals surface area contributed by atoms with Crippen LogP contribution in [0.1, 0.15) is 40.9 Å². The fourth-order valence-electron chi connectivity index (χ4n) is 3.74. The summed E-state index contributed by atoms with van der Waals surface area (Å²) in [4.78, 5) is 20.6. The molecule has 4 aromatic rings. The van der Waals surface area contributed by atoms with Crippen LogP contribution in [0.3, 0.4) is 0 Å². The number of carbonyl (C=O) groups is 1. The van der Waals surface area contributed by atoms with Crippen LogP contribution in [-0.4, -0.2) is 21.0 Å². The van der Waals surface area contributed by atoms with Gasteiger partial charge in [-0.3, -0.25) is 5.01 Å². The number of fused-ring (bicyclic) bond motifs is 1. The Balaban J connectivity index is 1.77. The molecular formula is C25H24N4O3. The maximum Gasteiger partial charge on any atom is 0.338 e. The Morgan fingerprint density at radius 1 is 1.06 bits per heavy atom. The van der Waals surface area contributed by atoms with E-state index in [0.717, 1.165) is 17.5 Å². The molecule has 0 spiro atoms. The molecule has 0 aliphatic rings. The maximum absolute atomic E-state index is 12.0. The summed E-state index contributed by atoms with van der Waals surface area (Å²) in [7, 11) is 0. The van der Waals surface area contributed by atoms with Crippen molar-refractivity contribution in [3.63, 3.8) is 0 Å². The first-order valence-corrected chi connectivity index (χ1v) is 10.4. The third-order valence-electron chi connectivity index (χ3n) is 5.32. The van der Waals surface area contributed by atoms with Crippen molar-refractivity contribution < 1.29 is 14.6 Å². The molecule has 3 aromatic carbocycles. The zero-order chi connectivity index (χ0) is 22.5. The third-order valence-corrected chi connectivity index (χ3v) is 5.32. The molecule has 1 heterocycles. The predicted molar refractivity (Wildman–Crippen MR) is 123 cm³/mol. The number of hydrogen-bond donors (Lipinski definition) is 2. The van der Waals surface area contributed by atoms with Crippen LogP contribution in [-0.2, 0) is 6.61 Å². The molecule has 1 unspecified atom stereocenters. The summed E-state index contributed by atoms with van der Waals surface area (Å²) in [6, 6.07) is 22.6. The highest BCUT2D eigenvalue weighted by Crippen LogP contribution is 2.33. The topological polar surface area (TPSA) is 102 Å². The molecule has 0 bridgehead atoms. The van der Waals surface area contributed by atoms with E-state index in [1.165, 1.54) is 12.4 Å². The predicted octanol–water partition coefficient (Wildman–Crippen LogP) is 4.74. The summed E-state index contributed by atoms with van der Waals surface area (Å²) in [5.41, 5.74) is 2.37. The average molecular weight is 428 g/mol. The van der Waals surface area contributed by atoms with Crippen LogP contribution in [0.25, 0.3) is 10.9 Å². The Labute approximate surface area is 186 Å². The second kappa shape index (κ2) is 9.45. The number of aromatic nitrogens is 2. The lowest BCUT2D eigenvalue weighted by molar-refractivity contribution is 0.0698. The third kappa shape index (κ3) is 4.38. The Morgan fingerprint density at radius 3 is 2.41 bits per heavy atom. The molecule has 0 saturated heterocycles. The molecule has 0 fully saturated rings. The molecule has 1 atom stereocenters. The largest absolute Gasteiger partial charge is 0.489 e. The quantitative estimate of drug-likeness (QED) is 0.309. The zero-order valence-electron chi connectivity index (χ0n) is 17.7. The van der Waals surface area contributed by atoms with E-state index in [4.69, 9.17) is 10.6 Å². The number of hydrogen-bond acceptors (Lipinski definition) is 6. The van der Waals surface area contributed by atoms with Gasteiger partial charge in [-0.05, 0) is 29.7 Å². The average Bonchev–Trinajstić information content (AvgIpc) is 2.83. The highest BCUT2D eigenvalue weighted by atomic mass is 16.5. The van der Waals surface area contributed by atoms with Crippen molar-refractivity contribution in [1.29, 1.82) is 0 Å². The highest BCUT2D eigenvalue weighted by molar-refractivity contribution is 6.05. The van der Waals surface area contributed by atoms with Crippen LogP contribution in [0.4, 0.5) is 5.82 Å². The molecule has 7 heteroatoms. The van der Waals surface area contributed by atoms with Crippen LogP contribution < -0.4 is 15.6 Å². The van der Waals surface area contributed by atoms with Crippen LogP contribution in [0, 0.1) is 0 Å². The number of carboxylic acids is 1. The Bertz CT molecular complexity index is 1220. The molecule has 0 amide bonds. The minimum atomic E-state index is -1.09. The summed E-state index contributed by atoms with van der Waals surface area (Å²) >= 11 is 0. The van der Waals surface area contributed by atoms with Crippen molar-refractivity contribution in [2.24, 2.45) is 5.84 Å². The van der Waals surface area contributed by atoms with E-state index in [1.54, 1.807) is 11.1 Å². The van der Waals surface area contributed by atoms with Crippen LogP contribution in [0.15, 0.2) is 79.1 Å². The Kier molecular flexibility index (Phi) is 6.28. The number of ether oxygens (including phenoxy) is 1. The van der Waals surface area contributed by atoms with Crippen molar-refractivity contribution in [2.45, 2.75) is 26.0 Å². The summed E-state index contributed by atoms with van der Waals surface area (Å²) in [6.07, 6.45) is 2.08. The van der Waals surface area contributed by atoms with E-state index in [2.05, 4.69) is 9.97 Å². The van der Waals surface area contributed by atoms with Gasteiger partial charge in [0.1, 0.15) is 18.7 Å². The van der Waals surface area contributed by atoms with Crippen LogP contribution in [0.2, 0.25) is 0 Å². The van der Waals surface area contributed by atoms with Gasteiger partial charge in [0, 0.05) is 5.39 Å². The highest BCUT2D eigenvalue weighted by Gasteiger charge is 2.22. The van der Waals surface area contributed by atoms with E-state index in [-0.39, 0.29) is 11.6 Å². The van der Waals surface area contributed by atoms with Crippen LogP contribution in [0.5, 0.6) is 5.75 Å². The van der Waals surface area contributed by atoms with E-state index in [0.29, 0.717) is 29.1 Å². The SMILES string of the molecule is CCC(c1ccccc1)N(N)c1ncnc2c(C(=O)O)cc(OCc3ccccc3)cc12. The van der Waals surface area contributed by atoms with Gasteiger partial charge in [-0.2, -0.15) is 0 Å². The lowest BCUT2D eigenvalue weighted by Gasteiger charge is -2.28. The van der Waals surface area contributed by atoms with Gasteiger partial charge >= 0.3 is 5.97 Å². The van der Waals surface area contributed by atoms with Crippen molar-refractivity contribution in [3.8, 4) is 5.75 Å². The molecule has 0 aliphatic heterocycles. The molecular weight excluding hydrogens is 404 g/mol. The fraction of sp³-hybridized carbons (Fsp3) is 0.160. The van der Waals surface area contributed by atoms with Gasteiger partial charge in [0.15, 0.2) is 5.82 Å². The molecule has 0 aliphatic carbocycles. The maximum atomic E-state index is 12.0. The molecule has 0 radical (unpaired) electrons. The molecule has 1 aromatic heterocycles. The first kappa shape index (κ1) is 21.3. The van der Waals surface area contributed by atoms with E-state index < -0.39 is 5.97 Å². The summed E-state index contributed by atoms with van der Waals surface area (Å²) in [6.45, 7) is 2.35. The molecule has 3 N–H and O–H groups in total. The molecule has 4 rings (SSSR count). The fourth-order valence-corrected chi connectivity index (χ4v) is 3.74. The minimum Gasteiger partial charge on any atom is -0.489 e. The first-order chi connectivity index (χ1) is 15.6. The van der Waals surface area contributed by atoms with Gasteiger partial charge in [0.25, 0.3) is 0 Å². The van der Waals surface area contributed by atoms with Crippen molar-refractivity contribution in [2.75, 3.05) is 5.01 Å². The van der Waals surface area contributed by atoms with E-state index in [9.17, 15) is 9.90 Å². The van der Waals surface area contributed by atoms with Gasteiger partial charge in [-0.25, -0.2) is 20.6 Å². The van der Waals surface area contributed by atoms with Gasteiger partial charge < -0.3 is 9.84 Å². The van der Waals surface area contributed by atoms with E-state index >= 15 is 0 Å².